The predicted molar refractivity (Wildman–Crippen MR) is 105 cm³/mol. The average molecular weight is 432 g/mol. The number of nitrogens with one attached hydrogen (secondary N) is 1. The maximum Gasteiger partial charge on any atom is 0.420 e. The first kappa shape index (κ1) is 22.0. The van der Waals surface area contributed by atoms with Crippen LogP contribution in [-0.2, 0) is 12.7 Å². The van der Waals surface area contributed by atoms with Crippen molar-refractivity contribution in [2.45, 2.75) is 12.7 Å². The molecule has 0 saturated heterocycles. The lowest BCUT2D eigenvalue weighted by atomic mass is 10.1. The highest BCUT2D eigenvalue weighted by Gasteiger charge is 2.37. The number of benzene rings is 3. The average Bonchev–Trinajstić information content (AvgIpc) is 2.74. The first-order valence-corrected chi connectivity index (χ1v) is 8.97. The first-order chi connectivity index (χ1) is 14.7. The zero-order valence-corrected chi connectivity index (χ0v) is 15.9. The molecule has 9 heteroatoms. The predicted octanol–water partition coefficient (Wildman–Crippen LogP) is 4.77. The van der Waals surface area contributed by atoms with Gasteiger partial charge in [-0.15, -0.1) is 0 Å². The van der Waals surface area contributed by atoms with Crippen molar-refractivity contribution in [1.82, 2.24) is 0 Å². The van der Waals surface area contributed by atoms with Crippen LogP contribution in [0.4, 0.5) is 23.2 Å². The second kappa shape index (κ2) is 8.97. The van der Waals surface area contributed by atoms with Gasteiger partial charge in [-0.2, -0.15) is 13.2 Å². The highest BCUT2D eigenvalue weighted by molar-refractivity contribution is 6.07. The molecule has 0 bridgehead atoms. The normalized spacial score (nSPS) is 11.1. The molecule has 3 rings (SSSR count). The summed E-state index contributed by atoms with van der Waals surface area (Å²) < 4.78 is 58.6. The number of anilines is 1. The minimum absolute atomic E-state index is 0.179. The van der Waals surface area contributed by atoms with E-state index in [0.717, 1.165) is 42.0 Å². The van der Waals surface area contributed by atoms with Crippen molar-refractivity contribution >= 4 is 17.6 Å². The van der Waals surface area contributed by atoms with Crippen LogP contribution in [0.5, 0.6) is 5.75 Å². The number of para-hydroxylation sites is 1. The Morgan fingerprint density at radius 2 is 1.58 bits per heavy atom. The maximum atomic E-state index is 13.5. The third kappa shape index (κ3) is 5.26. The standard InChI is InChI=1S/C22H16F4N2O3/c23-15-8-6-14(7-9-15)21(30)31-19-17(2-1-3-18(19)22(24,25)26)20(29)28-16-10-4-13(12-27)5-11-16/h1-11H,12,27H2,(H,28,29). The molecule has 0 heterocycles. The van der Waals surface area contributed by atoms with Crippen LogP contribution in [0.3, 0.4) is 0 Å². The van der Waals surface area contributed by atoms with E-state index in [9.17, 15) is 27.2 Å². The van der Waals surface area contributed by atoms with E-state index in [1.165, 1.54) is 12.1 Å². The van der Waals surface area contributed by atoms with Crippen molar-refractivity contribution in [3.8, 4) is 5.75 Å². The van der Waals surface area contributed by atoms with Crippen molar-refractivity contribution in [3.63, 3.8) is 0 Å². The smallest absolute Gasteiger partial charge is 0.420 e. The van der Waals surface area contributed by atoms with Gasteiger partial charge >= 0.3 is 12.1 Å². The van der Waals surface area contributed by atoms with Crippen LogP contribution in [0.25, 0.3) is 0 Å². The van der Waals surface area contributed by atoms with E-state index in [1.54, 1.807) is 12.1 Å². The number of esters is 1. The quantitative estimate of drug-likeness (QED) is 0.346. The van der Waals surface area contributed by atoms with E-state index in [2.05, 4.69) is 5.32 Å². The van der Waals surface area contributed by atoms with Crippen LogP contribution in [0.1, 0.15) is 31.8 Å². The molecule has 31 heavy (non-hydrogen) atoms. The lowest BCUT2D eigenvalue weighted by Gasteiger charge is -2.16. The molecule has 0 radical (unpaired) electrons. The van der Waals surface area contributed by atoms with E-state index in [4.69, 9.17) is 10.5 Å². The van der Waals surface area contributed by atoms with Gasteiger partial charge in [0, 0.05) is 12.2 Å². The molecule has 0 fully saturated rings. The SMILES string of the molecule is NCc1ccc(NC(=O)c2cccc(C(F)(F)F)c2OC(=O)c2ccc(F)cc2)cc1. The molecule has 0 spiro atoms. The van der Waals surface area contributed by atoms with Crippen molar-refractivity contribution in [3.05, 3.63) is 94.8 Å². The van der Waals surface area contributed by atoms with Gasteiger partial charge in [0.05, 0.1) is 16.7 Å². The zero-order valence-electron chi connectivity index (χ0n) is 15.9. The number of rotatable bonds is 5. The summed E-state index contributed by atoms with van der Waals surface area (Å²) in [6.45, 7) is 0.283. The largest absolute Gasteiger partial charge is 0.421 e. The van der Waals surface area contributed by atoms with Gasteiger partial charge in [0.15, 0.2) is 5.75 Å². The van der Waals surface area contributed by atoms with Crippen LogP contribution in [-0.4, -0.2) is 11.9 Å². The fraction of sp³-hybridized carbons (Fsp3) is 0.0909. The second-order valence-corrected chi connectivity index (χ2v) is 6.43. The van der Waals surface area contributed by atoms with Gasteiger partial charge in [-0.05, 0) is 54.1 Å². The molecule has 160 valence electrons. The van der Waals surface area contributed by atoms with Gasteiger partial charge in [-0.1, -0.05) is 18.2 Å². The minimum Gasteiger partial charge on any atom is -0.421 e. The summed E-state index contributed by atoms with van der Waals surface area (Å²) in [6.07, 6.45) is -4.89. The summed E-state index contributed by atoms with van der Waals surface area (Å²) in [5, 5.41) is 2.46. The van der Waals surface area contributed by atoms with Crippen molar-refractivity contribution < 1.29 is 31.9 Å². The molecular formula is C22H16F4N2O3. The number of alkyl halides is 3. The van der Waals surface area contributed by atoms with Gasteiger partial charge in [-0.25, -0.2) is 9.18 Å². The number of halogens is 4. The Hall–Kier alpha value is -3.72. The van der Waals surface area contributed by atoms with E-state index < -0.39 is 40.7 Å². The van der Waals surface area contributed by atoms with Gasteiger partial charge in [-0.3, -0.25) is 4.79 Å². The molecule has 0 unspecified atom stereocenters. The van der Waals surface area contributed by atoms with E-state index in [0.29, 0.717) is 11.8 Å². The molecule has 3 N–H and O–H groups in total. The number of carbonyl (C=O) groups excluding carboxylic acids is 2. The van der Waals surface area contributed by atoms with Crippen molar-refractivity contribution in [1.29, 1.82) is 0 Å². The summed E-state index contributed by atoms with van der Waals surface area (Å²) in [5.74, 6) is -3.65. The number of ether oxygens (including phenoxy) is 1. The number of amides is 1. The summed E-state index contributed by atoms with van der Waals surface area (Å²) in [5.41, 5.74) is 4.65. The number of hydrogen-bond donors (Lipinski definition) is 2. The Morgan fingerprint density at radius 1 is 0.935 bits per heavy atom. The van der Waals surface area contributed by atoms with Crippen LogP contribution >= 0.6 is 0 Å². The minimum atomic E-state index is -4.89. The van der Waals surface area contributed by atoms with Crippen molar-refractivity contribution in [2.24, 2.45) is 5.73 Å². The Bertz CT molecular complexity index is 1100. The van der Waals surface area contributed by atoms with E-state index in [1.807, 2.05) is 0 Å². The lowest BCUT2D eigenvalue weighted by molar-refractivity contribution is -0.138. The molecule has 0 aliphatic rings. The van der Waals surface area contributed by atoms with Crippen LogP contribution in [0.2, 0.25) is 0 Å². The fourth-order valence-electron chi connectivity index (χ4n) is 2.71. The molecule has 1 amide bonds. The summed E-state index contributed by atoms with van der Waals surface area (Å²) in [6, 6.07) is 13.3. The Balaban J connectivity index is 1.96. The third-order valence-corrected chi connectivity index (χ3v) is 4.29. The van der Waals surface area contributed by atoms with Crippen LogP contribution < -0.4 is 15.8 Å². The molecule has 3 aromatic carbocycles. The van der Waals surface area contributed by atoms with Gasteiger partial charge in [0.1, 0.15) is 5.82 Å². The fourth-order valence-corrected chi connectivity index (χ4v) is 2.71. The Kier molecular flexibility index (Phi) is 6.36. The van der Waals surface area contributed by atoms with Gasteiger partial charge in [0.2, 0.25) is 0 Å². The first-order valence-electron chi connectivity index (χ1n) is 8.97. The van der Waals surface area contributed by atoms with Gasteiger partial charge in [0.25, 0.3) is 5.91 Å². The maximum absolute atomic E-state index is 13.5. The van der Waals surface area contributed by atoms with E-state index >= 15 is 0 Å². The van der Waals surface area contributed by atoms with Crippen LogP contribution in [0.15, 0.2) is 66.7 Å². The number of carbonyl (C=O) groups is 2. The van der Waals surface area contributed by atoms with E-state index in [-0.39, 0.29) is 12.1 Å². The lowest BCUT2D eigenvalue weighted by Crippen LogP contribution is -2.20. The molecule has 0 aliphatic carbocycles. The third-order valence-electron chi connectivity index (χ3n) is 4.29. The summed E-state index contributed by atoms with van der Waals surface area (Å²) in [7, 11) is 0. The van der Waals surface area contributed by atoms with Crippen molar-refractivity contribution in [2.75, 3.05) is 5.32 Å². The molecular weight excluding hydrogens is 416 g/mol. The molecule has 0 atom stereocenters. The molecule has 5 nitrogen and oxygen atoms in total. The molecule has 3 aromatic rings. The van der Waals surface area contributed by atoms with Gasteiger partial charge < -0.3 is 15.8 Å². The highest BCUT2D eigenvalue weighted by atomic mass is 19.4. The molecule has 0 aliphatic heterocycles. The summed E-state index contributed by atoms with van der Waals surface area (Å²) in [4.78, 5) is 25.0. The highest BCUT2D eigenvalue weighted by Crippen LogP contribution is 2.39. The summed E-state index contributed by atoms with van der Waals surface area (Å²) >= 11 is 0. The van der Waals surface area contributed by atoms with Crippen LogP contribution in [0, 0.1) is 5.82 Å². The number of nitrogens with two attached hydrogens (primary N) is 1. The number of hydrogen-bond acceptors (Lipinski definition) is 4. The zero-order chi connectivity index (χ0) is 22.6. The second-order valence-electron chi connectivity index (χ2n) is 6.43. The molecule has 0 saturated carbocycles. The topological polar surface area (TPSA) is 81.4 Å². The Morgan fingerprint density at radius 3 is 2.16 bits per heavy atom. The molecule has 0 aromatic heterocycles. The monoisotopic (exact) mass is 432 g/mol. The Labute approximate surface area is 174 Å².